The number of nitrogen functional groups attached to an aromatic ring is 3. The third-order valence-electron chi connectivity index (χ3n) is 12.4. The topological polar surface area (TPSA) is 560 Å². The number of hydrogen-bond donors (Lipinski definition) is 12. The molecule has 3 aliphatic rings. The van der Waals surface area contributed by atoms with Gasteiger partial charge in [0.2, 0.25) is 17.7 Å². The highest BCUT2D eigenvalue weighted by Crippen LogP contribution is 2.68. The zero-order valence-corrected chi connectivity index (χ0v) is 45.2. The van der Waals surface area contributed by atoms with Crippen LogP contribution in [0.3, 0.4) is 0 Å². The number of methoxy groups -OCH3 is 2. The zero-order valence-electron chi connectivity index (χ0n) is 41.6. The van der Waals surface area contributed by atoms with Crippen LogP contribution >= 0.6 is 31.3 Å². The first-order valence-corrected chi connectivity index (χ1v) is 29.0. The van der Waals surface area contributed by atoms with Gasteiger partial charge in [-0.25, -0.2) is 42.8 Å². The Morgan fingerprint density at radius 1 is 0.725 bits per heavy atom. The maximum absolute atomic E-state index is 13.8. The van der Waals surface area contributed by atoms with Crippen LogP contribution in [0.5, 0.6) is 0 Å². The second-order valence-corrected chi connectivity index (χ2v) is 23.7. The van der Waals surface area contributed by atoms with Gasteiger partial charge in [0, 0.05) is 14.2 Å². The molecule has 7 unspecified atom stereocenters. The first-order valence-electron chi connectivity index (χ1n) is 23.1. The van der Waals surface area contributed by atoms with E-state index in [1.54, 1.807) is 0 Å². The van der Waals surface area contributed by atoms with Crippen molar-refractivity contribution >= 4 is 82.5 Å². The molecule has 6 aromatic heterocycles. The van der Waals surface area contributed by atoms with E-state index in [0.717, 1.165) is 37.6 Å². The monoisotopic (exact) mass is 1220 g/mol. The Hall–Kier alpha value is -5.19. The average molecular weight is 1220 g/mol. The normalized spacial score (nSPS) is 29.7. The Morgan fingerprint density at radius 3 is 2.08 bits per heavy atom. The molecule has 0 radical (unpaired) electrons. The molecular weight excluding hydrogens is 1170 g/mol. The number of ether oxygens (including phenoxy) is 6. The summed E-state index contributed by atoms with van der Waals surface area (Å²) in [5.74, 6) is -0.688. The standard InChI is InChI=1S/C36H51N15O25P4/c1-13(22-24(67-6-5-65-3)21(54)33(72-22)51-12-48(2)18-29(51)45-36(39)47-31(18)56)73-79(61,62)76-80(63,64)75-78(59,60)69-8-15-23(25(66-4)34(71-15)49-10-42-16-26(37)40-9-41-27(16)49)74-77(57,58)68-7-14-19(52)20(53)32(70-14)50-11-43-17-28(50)44-35(38)46-30(17)55/h9-15,19-25,32-34,52-54H,5-8H2,1-4H3,(H11-,37,38,39,40,41,44,45,46,47,55,56,57,58,59,60,61,62,63,64)/p+1/t13-,14-,15-,19?,20+,21?,22-,23?,24-,25+,32-,33-,34-/m1/s1. The third kappa shape index (κ3) is 12.1. The van der Waals surface area contributed by atoms with Crippen molar-refractivity contribution in [3.8, 4) is 0 Å². The number of nitrogens with one attached hydrogen (secondary N) is 2. The van der Waals surface area contributed by atoms with Gasteiger partial charge in [0.1, 0.15) is 66.8 Å². The maximum Gasteiger partial charge on any atom is 0.490 e. The van der Waals surface area contributed by atoms with Crippen LogP contribution in [0.2, 0.25) is 0 Å². The molecule has 40 nitrogen and oxygen atoms in total. The number of aliphatic hydroxyl groups excluding tert-OH is 3. The predicted octanol–water partition coefficient (Wildman–Crippen LogP) is -3.65. The first-order chi connectivity index (χ1) is 37.6. The molecule has 6 aromatic rings. The largest absolute Gasteiger partial charge is 0.490 e. The number of aryl methyl sites for hydroxylation is 1. The Kier molecular flexibility index (Phi) is 17.0. The van der Waals surface area contributed by atoms with Gasteiger partial charge in [-0.05, 0) is 6.92 Å². The van der Waals surface area contributed by atoms with Crippen molar-refractivity contribution in [3.05, 3.63) is 46.0 Å². The van der Waals surface area contributed by atoms with Crippen LogP contribution in [0.1, 0.15) is 25.6 Å². The summed E-state index contributed by atoms with van der Waals surface area (Å²) in [6.07, 6.45) is -16.6. The van der Waals surface area contributed by atoms with E-state index in [-0.39, 0.29) is 64.4 Å². The molecule has 44 heteroatoms. The average Bonchev–Trinajstić information content (AvgIpc) is 4.24. The quantitative estimate of drug-likeness (QED) is 0.0167. The number of imidazole rings is 3. The van der Waals surface area contributed by atoms with Crippen molar-refractivity contribution in [2.24, 2.45) is 7.05 Å². The number of aromatic nitrogens is 12. The molecule has 80 heavy (non-hydrogen) atoms. The number of phosphoric ester groups is 3. The highest BCUT2D eigenvalue weighted by Gasteiger charge is 2.55. The molecule has 17 atom stereocenters. The summed E-state index contributed by atoms with van der Waals surface area (Å²) in [7, 11) is -19.7. The molecule has 3 fully saturated rings. The lowest BCUT2D eigenvalue weighted by molar-refractivity contribution is -0.746. The van der Waals surface area contributed by atoms with Gasteiger partial charge in [-0.3, -0.25) is 51.4 Å². The van der Waals surface area contributed by atoms with Crippen LogP contribution in [-0.2, 0) is 80.4 Å². The van der Waals surface area contributed by atoms with Gasteiger partial charge in [0.15, 0.2) is 41.4 Å². The van der Waals surface area contributed by atoms with Gasteiger partial charge in [0.25, 0.3) is 17.1 Å². The number of fused-ring (bicyclic) bond motifs is 3. The molecule has 440 valence electrons. The number of nitrogens with zero attached hydrogens (tertiary/aromatic N) is 10. The Labute approximate surface area is 445 Å². The Bertz CT molecular complexity index is 3590. The molecule has 0 aliphatic carbocycles. The van der Waals surface area contributed by atoms with Crippen molar-refractivity contribution in [2.75, 3.05) is 57.8 Å². The highest BCUT2D eigenvalue weighted by atomic mass is 31.3. The summed E-state index contributed by atoms with van der Waals surface area (Å²) in [6, 6.07) is 0. The molecular formula is C36H52N15O25P4+. The smallest absolute Gasteiger partial charge is 0.387 e. The van der Waals surface area contributed by atoms with Crippen molar-refractivity contribution in [1.29, 1.82) is 0 Å². The predicted molar refractivity (Wildman–Crippen MR) is 259 cm³/mol. The second kappa shape index (κ2) is 22.9. The van der Waals surface area contributed by atoms with E-state index in [2.05, 4.69) is 48.5 Å². The van der Waals surface area contributed by atoms with E-state index < -0.39 is 135 Å². The number of phosphoric acid groups is 4. The van der Waals surface area contributed by atoms with E-state index in [9.17, 15) is 62.7 Å². The van der Waals surface area contributed by atoms with Gasteiger partial charge in [-0.1, -0.05) is 4.98 Å². The molecule has 0 amide bonds. The summed E-state index contributed by atoms with van der Waals surface area (Å²) in [5, 5.41) is 33.3. The minimum atomic E-state index is -6.24. The van der Waals surface area contributed by atoms with Crippen LogP contribution in [0.15, 0.2) is 34.9 Å². The van der Waals surface area contributed by atoms with Gasteiger partial charge in [-0.15, -0.1) is 0 Å². The third-order valence-corrected chi connectivity index (χ3v) is 17.8. The van der Waals surface area contributed by atoms with Gasteiger partial charge in [-0.2, -0.15) is 13.6 Å². The number of aliphatic hydroxyl groups is 3. The molecule has 15 N–H and O–H groups in total. The van der Waals surface area contributed by atoms with Crippen LogP contribution in [0.4, 0.5) is 17.7 Å². The number of anilines is 3. The summed E-state index contributed by atoms with van der Waals surface area (Å²) in [6.45, 7) is -1.32. The van der Waals surface area contributed by atoms with Crippen molar-refractivity contribution < 1.29 is 113 Å². The fraction of sp³-hybridized carbons (Fsp3) is 0.583. The Morgan fingerprint density at radius 2 is 1.36 bits per heavy atom. The fourth-order valence-electron chi connectivity index (χ4n) is 9.03. The first kappa shape index (κ1) is 59.4. The van der Waals surface area contributed by atoms with E-state index in [1.807, 2.05) is 0 Å². The minimum absolute atomic E-state index is 0.00864. The SMILES string of the molecule is COCCO[C@@H]1C(O)[C@H]([n+]2cn(C)c3c(=O)[nH]c(N)nc32)O[C@@H]1[C@@H](C)OP(=O)(O)OP(=O)(O)OP(=O)(O)OC[C@H]1O[C@@H](n2cnc3c(N)ncnc32)[C@@H](OC)C1OP(=O)(O)OC[C@H]1O[C@@H](n2cnc3c(=O)[nH]c(N)nc32)[C@@H](O)C1O. The molecule has 3 aliphatic heterocycles. The van der Waals surface area contributed by atoms with Crippen LogP contribution in [-0.4, -0.2) is 190 Å². The van der Waals surface area contributed by atoms with Gasteiger partial charge >= 0.3 is 36.9 Å². The molecule has 3 saturated heterocycles. The molecule has 0 aromatic carbocycles. The Balaban J connectivity index is 0.882. The lowest BCUT2D eigenvalue weighted by atomic mass is 10.1. The summed E-state index contributed by atoms with van der Waals surface area (Å²) < 4.78 is 122. The molecule has 0 bridgehead atoms. The van der Waals surface area contributed by atoms with Crippen molar-refractivity contribution in [1.82, 2.24) is 53.6 Å². The van der Waals surface area contributed by atoms with Crippen LogP contribution in [0.25, 0.3) is 33.5 Å². The maximum atomic E-state index is 13.8. The van der Waals surface area contributed by atoms with Crippen LogP contribution < -0.4 is 32.9 Å². The number of hydrogen-bond acceptors (Lipinski definition) is 30. The van der Waals surface area contributed by atoms with Gasteiger partial charge in [0.05, 0.1) is 52.2 Å². The van der Waals surface area contributed by atoms with E-state index in [0.29, 0.717) is 0 Å². The molecule has 9 rings (SSSR count). The van der Waals surface area contributed by atoms with E-state index in [1.165, 1.54) is 34.2 Å². The summed E-state index contributed by atoms with van der Waals surface area (Å²) >= 11 is 0. The molecule has 0 spiro atoms. The highest BCUT2D eigenvalue weighted by molar-refractivity contribution is 7.66. The lowest BCUT2D eigenvalue weighted by Gasteiger charge is -2.27. The number of rotatable bonds is 23. The van der Waals surface area contributed by atoms with Crippen molar-refractivity contribution in [2.45, 2.75) is 86.6 Å². The zero-order chi connectivity index (χ0) is 58.0. The summed E-state index contributed by atoms with van der Waals surface area (Å²) in [4.78, 5) is 97.0. The molecule has 0 saturated carbocycles. The lowest BCUT2D eigenvalue weighted by Crippen LogP contribution is -2.46. The summed E-state index contributed by atoms with van der Waals surface area (Å²) in [5.41, 5.74) is 15.7. The van der Waals surface area contributed by atoms with Crippen LogP contribution in [0, 0.1) is 0 Å². The van der Waals surface area contributed by atoms with Gasteiger partial charge < -0.3 is 80.5 Å². The molecule has 9 heterocycles. The van der Waals surface area contributed by atoms with E-state index in [4.69, 9.17) is 63.7 Å². The number of H-pyrrole nitrogens is 2. The van der Waals surface area contributed by atoms with Crippen molar-refractivity contribution in [3.63, 3.8) is 0 Å². The fourth-order valence-corrected chi connectivity index (χ4v) is 13.7. The second-order valence-electron chi connectivity index (χ2n) is 17.7. The number of aromatic amines is 2. The minimum Gasteiger partial charge on any atom is -0.387 e. The van der Waals surface area contributed by atoms with E-state index >= 15 is 0 Å². The number of nitrogens with two attached hydrogens (primary N) is 3.